The lowest BCUT2D eigenvalue weighted by Crippen LogP contribution is -2.34. The quantitative estimate of drug-likeness (QED) is 0.315. The van der Waals surface area contributed by atoms with Crippen molar-refractivity contribution >= 4 is 23.1 Å². The van der Waals surface area contributed by atoms with Gasteiger partial charge in [0.05, 0.1) is 16.1 Å². The van der Waals surface area contributed by atoms with Gasteiger partial charge in [-0.15, -0.1) is 0 Å². The number of ketones is 1. The molecule has 0 amide bonds. The normalized spacial score (nSPS) is 16.3. The Bertz CT molecular complexity index is 946. The highest BCUT2D eigenvalue weighted by molar-refractivity contribution is 5.99. The predicted molar refractivity (Wildman–Crippen MR) is 105 cm³/mol. The number of halogens is 1. The SMILES string of the molecule is C[C@H]1CCCN(c2ccc(C(=O)OCC(=O)c3ccccc3F)cc2[N+](=O)[O-])C1. The van der Waals surface area contributed by atoms with Crippen molar-refractivity contribution in [2.24, 2.45) is 5.92 Å². The molecular formula is C21H21FN2O5. The minimum Gasteiger partial charge on any atom is -0.454 e. The zero-order valence-electron chi connectivity index (χ0n) is 16.0. The smallest absolute Gasteiger partial charge is 0.338 e. The third kappa shape index (κ3) is 4.77. The Morgan fingerprint density at radius 3 is 2.72 bits per heavy atom. The number of carbonyl (C=O) groups is 2. The van der Waals surface area contributed by atoms with E-state index in [1.54, 1.807) is 0 Å². The van der Waals surface area contributed by atoms with Crippen LogP contribution in [0.3, 0.4) is 0 Å². The molecule has 0 N–H and O–H groups in total. The van der Waals surface area contributed by atoms with Crippen molar-refractivity contribution in [1.82, 2.24) is 0 Å². The van der Waals surface area contributed by atoms with Gasteiger partial charge in [-0.25, -0.2) is 9.18 Å². The highest BCUT2D eigenvalue weighted by Gasteiger charge is 2.25. The van der Waals surface area contributed by atoms with Crippen molar-refractivity contribution < 1.29 is 23.6 Å². The second-order valence-electron chi connectivity index (χ2n) is 7.13. The minimum absolute atomic E-state index is 0.0353. The molecule has 0 saturated carbocycles. The molecule has 0 unspecified atom stereocenters. The van der Waals surface area contributed by atoms with Gasteiger partial charge >= 0.3 is 5.97 Å². The fraction of sp³-hybridized carbons (Fsp3) is 0.333. The van der Waals surface area contributed by atoms with E-state index < -0.39 is 29.1 Å². The number of esters is 1. The van der Waals surface area contributed by atoms with Crippen LogP contribution in [0.4, 0.5) is 15.8 Å². The van der Waals surface area contributed by atoms with Crippen molar-refractivity contribution in [3.8, 4) is 0 Å². The largest absolute Gasteiger partial charge is 0.454 e. The standard InChI is InChI=1S/C21H21FN2O5/c1-14-5-4-10-23(12-14)18-9-8-15(11-19(18)24(27)28)21(26)29-13-20(25)16-6-2-3-7-17(16)22/h2-3,6-9,11,14H,4-5,10,12-13H2,1H3/t14-/m0/s1. The Kier molecular flexibility index (Phi) is 6.21. The fourth-order valence-electron chi connectivity index (χ4n) is 3.45. The maximum Gasteiger partial charge on any atom is 0.338 e. The van der Waals surface area contributed by atoms with Crippen molar-refractivity contribution in [2.45, 2.75) is 19.8 Å². The van der Waals surface area contributed by atoms with Crippen LogP contribution >= 0.6 is 0 Å². The van der Waals surface area contributed by atoms with Gasteiger partial charge in [-0.3, -0.25) is 14.9 Å². The lowest BCUT2D eigenvalue weighted by Gasteiger charge is -2.32. The lowest BCUT2D eigenvalue weighted by atomic mass is 9.99. The molecule has 7 nitrogen and oxygen atoms in total. The average molecular weight is 400 g/mol. The first kappa shape index (κ1) is 20.4. The Morgan fingerprint density at radius 1 is 1.28 bits per heavy atom. The highest BCUT2D eigenvalue weighted by atomic mass is 19.1. The van der Waals surface area contributed by atoms with Gasteiger partial charge in [-0.1, -0.05) is 19.1 Å². The van der Waals surface area contributed by atoms with Crippen LogP contribution in [0.15, 0.2) is 42.5 Å². The van der Waals surface area contributed by atoms with Gasteiger partial charge in [0, 0.05) is 19.2 Å². The molecule has 1 aliphatic heterocycles. The molecule has 2 aromatic carbocycles. The van der Waals surface area contributed by atoms with Crippen LogP contribution in [0.1, 0.15) is 40.5 Å². The summed E-state index contributed by atoms with van der Waals surface area (Å²) in [5.74, 6) is -1.84. The van der Waals surface area contributed by atoms with Gasteiger partial charge in [0.1, 0.15) is 11.5 Å². The third-order valence-corrected chi connectivity index (χ3v) is 4.91. The summed E-state index contributed by atoms with van der Waals surface area (Å²) in [6.45, 7) is 2.86. The highest BCUT2D eigenvalue weighted by Crippen LogP contribution is 2.32. The van der Waals surface area contributed by atoms with Crippen LogP contribution in [-0.2, 0) is 4.74 Å². The van der Waals surface area contributed by atoms with Gasteiger partial charge < -0.3 is 9.64 Å². The molecule has 8 heteroatoms. The predicted octanol–water partition coefficient (Wildman–Crippen LogP) is 4.01. The summed E-state index contributed by atoms with van der Waals surface area (Å²) >= 11 is 0. The van der Waals surface area contributed by atoms with E-state index in [2.05, 4.69) is 6.92 Å². The van der Waals surface area contributed by atoms with E-state index in [9.17, 15) is 24.1 Å². The monoisotopic (exact) mass is 400 g/mol. The molecule has 0 radical (unpaired) electrons. The van der Waals surface area contributed by atoms with E-state index in [1.807, 2.05) is 4.90 Å². The number of nitro benzene ring substituents is 1. The molecule has 0 spiro atoms. The van der Waals surface area contributed by atoms with E-state index in [1.165, 1.54) is 30.3 Å². The number of piperidine rings is 1. The number of nitrogens with zero attached hydrogens (tertiary/aromatic N) is 2. The summed E-state index contributed by atoms with van der Waals surface area (Å²) in [5.41, 5.74) is 0.0576. The summed E-state index contributed by atoms with van der Waals surface area (Å²) < 4.78 is 18.6. The molecule has 0 bridgehead atoms. The van der Waals surface area contributed by atoms with E-state index in [4.69, 9.17) is 4.74 Å². The zero-order chi connectivity index (χ0) is 21.0. The van der Waals surface area contributed by atoms with Gasteiger partial charge in [0.2, 0.25) is 5.78 Å². The topological polar surface area (TPSA) is 89.8 Å². The molecular weight excluding hydrogens is 379 g/mol. The fourth-order valence-corrected chi connectivity index (χ4v) is 3.45. The van der Waals surface area contributed by atoms with Crippen LogP contribution in [0.25, 0.3) is 0 Å². The van der Waals surface area contributed by atoms with Gasteiger partial charge in [0.15, 0.2) is 6.61 Å². The minimum atomic E-state index is -0.878. The van der Waals surface area contributed by atoms with Crippen molar-refractivity contribution in [2.75, 3.05) is 24.6 Å². The number of rotatable bonds is 6. The Hall–Kier alpha value is -3.29. The summed E-state index contributed by atoms with van der Waals surface area (Å²) in [5, 5.41) is 11.5. The number of hydrogen-bond donors (Lipinski definition) is 0. The van der Waals surface area contributed by atoms with E-state index in [-0.39, 0.29) is 16.8 Å². The number of benzene rings is 2. The molecule has 0 aliphatic carbocycles. The summed E-state index contributed by atoms with van der Waals surface area (Å²) in [6.07, 6.45) is 2.02. The van der Waals surface area contributed by atoms with Crippen molar-refractivity contribution in [3.05, 3.63) is 69.5 Å². The van der Waals surface area contributed by atoms with Gasteiger partial charge in [-0.2, -0.15) is 0 Å². The van der Waals surface area contributed by atoms with Crippen molar-refractivity contribution in [3.63, 3.8) is 0 Å². The summed E-state index contributed by atoms with van der Waals surface area (Å²) in [7, 11) is 0. The molecule has 152 valence electrons. The Morgan fingerprint density at radius 2 is 2.03 bits per heavy atom. The van der Waals surface area contributed by atoms with Crippen LogP contribution in [0, 0.1) is 21.8 Å². The zero-order valence-corrected chi connectivity index (χ0v) is 16.0. The third-order valence-electron chi connectivity index (χ3n) is 4.91. The second kappa shape index (κ2) is 8.81. The van der Waals surface area contributed by atoms with Crippen LogP contribution in [0.2, 0.25) is 0 Å². The van der Waals surface area contributed by atoms with Crippen molar-refractivity contribution in [1.29, 1.82) is 0 Å². The number of carbonyl (C=O) groups excluding carboxylic acids is 2. The first-order valence-electron chi connectivity index (χ1n) is 9.35. The maximum absolute atomic E-state index is 13.6. The first-order valence-corrected chi connectivity index (χ1v) is 9.35. The molecule has 1 aliphatic rings. The molecule has 2 aromatic rings. The molecule has 1 saturated heterocycles. The molecule has 3 rings (SSSR count). The molecule has 1 heterocycles. The first-order chi connectivity index (χ1) is 13.9. The molecule has 29 heavy (non-hydrogen) atoms. The number of nitro groups is 1. The number of hydrogen-bond acceptors (Lipinski definition) is 6. The Labute approximate surface area is 167 Å². The van der Waals surface area contributed by atoms with E-state index in [0.29, 0.717) is 24.7 Å². The van der Waals surface area contributed by atoms with Gasteiger partial charge in [0.25, 0.3) is 5.69 Å². The van der Waals surface area contributed by atoms with Crippen LogP contribution in [0.5, 0.6) is 0 Å². The van der Waals surface area contributed by atoms with Gasteiger partial charge in [-0.05, 0) is 43.0 Å². The Balaban J connectivity index is 1.74. The lowest BCUT2D eigenvalue weighted by molar-refractivity contribution is -0.384. The average Bonchev–Trinajstić information content (AvgIpc) is 2.71. The summed E-state index contributed by atoms with van der Waals surface area (Å²) in [4.78, 5) is 37.3. The van der Waals surface area contributed by atoms with Crippen LogP contribution < -0.4 is 4.90 Å². The number of ether oxygens (including phenoxy) is 1. The summed E-state index contributed by atoms with van der Waals surface area (Å²) in [6, 6.07) is 9.51. The van der Waals surface area contributed by atoms with E-state index in [0.717, 1.165) is 25.0 Å². The molecule has 1 atom stereocenters. The number of Topliss-reactive ketones (excluding diaryl/α,β-unsaturated/α-hetero) is 1. The number of anilines is 1. The second-order valence-corrected chi connectivity index (χ2v) is 7.13. The van der Waals surface area contributed by atoms with E-state index >= 15 is 0 Å². The maximum atomic E-state index is 13.6. The van der Waals surface area contributed by atoms with Crippen LogP contribution in [-0.4, -0.2) is 36.4 Å². The molecule has 0 aromatic heterocycles. The molecule has 1 fully saturated rings.